The van der Waals surface area contributed by atoms with E-state index >= 15 is 0 Å². The molecule has 1 saturated heterocycles. The first kappa shape index (κ1) is 19.4. The van der Waals surface area contributed by atoms with Gasteiger partial charge in [-0.05, 0) is 37.5 Å². The van der Waals surface area contributed by atoms with Gasteiger partial charge in [0.05, 0.1) is 12.1 Å². The molecule has 1 amide bonds. The SMILES string of the molecule is Nc1nccc(N[C@@H]2C[C@@H](C(=O)N3CCN(c4ccncc4)CC3)CC[C@H]2O)n1. The van der Waals surface area contributed by atoms with Crippen molar-refractivity contribution < 1.29 is 9.90 Å². The summed E-state index contributed by atoms with van der Waals surface area (Å²) in [6, 6.07) is 5.48. The molecule has 0 aromatic carbocycles. The van der Waals surface area contributed by atoms with E-state index in [0.29, 0.717) is 38.2 Å². The first-order chi connectivity index (χ1) is 14.1. The zero-order chi connectivity index (χ0) is 20.2. The Bertz CT molecular complexity index is 827. The minimum Gasteiger partial charge on any atom is -0.391 e. The average molecular weight is 397 g/mol. The van der Waals surface area contributed by atoms with Crippen molar-refractivity contribution in [2.45, 2.75) is 31.4 Å². The van der Waals surface area contributed by atoms with Crippen LogP contribution >= 0.6 is 0 Å². The second-order valence-electron chi connectivity index (χ2n) is 7.65. The minimum absolute atomic E-state index is 0.0949. The molecule has 0 spiro atoms. The van der Waals surface area contributed by atoms with Gasteiger partial charge in [0.25, 0.3) is 0 Å². The predicted molar refractivity (Wildman–Crippen MR) is 110 cm³/mol. The molecule has 29 heavy (non-hydrogen) atoms. The van der Waals surface area contributed by atoms with Crippen LogP contribution in [0.5, 0.6) is 0 Å². The molecule has 2 aromatic heterocycles. The van der Waals surface area contributed by atoms with Crippen molar-refractivity contribution >= 4 is 23.4 Å². The van der Waals surface area contributed by atoms with Gasteiger partial charge in [-0.2, -0.15) is 4.98 Å². The second-order valence-corrected chi connectivity index (χ2v) is 7.65. The lowest BCUT2D eigenvalue weighted by atomic mass is 9.82. The van der Waals surface area contributed by atoms with E-state index in [2.05, 4.69) is 25.2 Å². The average Bonchev–Trinajstić information content (AvgIpc) is 2.76. The number of nitrogens with one attached hydrogen (secondary N) is 1. The lowest BCUT2D eigenvalue weighted by Gasteiger charge is -2.40. The highest BCUT2D eigenvalue weighted by molar-refractivity contribution is 5.79. The number of piperazine rings is 1. The fraction of sp³-hybridized carbons (Fsp3) is 0.500. The van der Waals surface area contributed by atoms with Crippen LogP contribution in [0.3, 0.4) is 0 Å². The zero-order valence-electron chi connectivity index (χ0n) is 16.3. The van der Waals surface area contributed by atoms with Crippen molar-refractivity contribution in [3.63, 3.8) is 0 Å². The van der Waals surface area contributed by atoms with E-state index < -0.39 is 6.10 Å². The number of nitrogens with two attached hydrogens (primary N) is 1. The molecule has 0 radical (unpaired) electrons. The van der Waals surface area contributed by atoms with E-state index in [0.717, 1.165) is 18.8 Å². The Morgan fingerprint density at radius 3 is 2.59 bits per heavy atom. The standard InChI is InChI=1S/C20H27N7O2/c21-20-23-8-5-18(25-20)24-16-13-14(1-2-17(16)28)19(29)27-11-9-26(10-12-27)15-3-6-22-7-4-15/h3-8,14,16-17,28H,1-2,9-13H2,(H3,21,23,24,25)/t14-,16+,17+/m0/s1. The highest BCUT2D eigenvalue weighted by Crippen LogP contribution is 2.29. The zero-order valence-corrected chi connectivity index (χ0v) is 16.3. The number of carbonyl (C=O) groups is 1. The number of pyridine rings is 1. The number of aromatic nitrogens is 3. The molecule has 9 heteroatoms. The number of amides is 1. The summed E-state index contributed by atoms with van der Waals surface area (Å²) in [5.74, 6) is 0.837. The summed E-state index contributed by atoms with van der Waals surface area (Å²) in [4.78, 5) is 29.4. The van der Waals surface area contributed by atoms with Gasteiger partial charge in [-0.15, -0.1) is 0 Å². The van der Waals surface area contributed by atoms with Crippen molar-refractivity contribution in [3.05, 3.63) is 36.8 Å². The number of hydrogen-bond acceptors (Lipinski definition) is 8. The molecule has 3 heterocycles. The number of hydrogen-bond donors (Lipinski definition) is 3. The molecule has 2 aliphatic rings. The summed E-state index contributed by atoms with van der Waals surface area (Å²) < 4.78 is 0. The Labute approximate surface area is 170 Å². The molecule has 2 fully saturated rings. The number of anilines is 3. The molecule has 0 unspecified atom stereocenters. The van der Waals surface area contributed by atoms with Crippen LogP contribution in [0.4, 0.5) is 17.5 Å². The highest BCUT2D eigenvalue weighted by atomic mass is 16.3. The molecule has 2 aromatic rings. The predicted octanol–water partition coefficient (Wildman–Crippen LogP) is 0.744. The monoisotopic (exact) mass is 397 g/mol. The Kier molecular flexibility index (Phi) is 5.75. The van der Waals surface area contributed by atoms with Gasteiger partial charge in [0.1, 0.15) is 5.82 Å². The summed E-state index contributed by atoms with van der Waals surface area (Å²) in [5, 5.41) is 13.6. The maximum absolute atomic E-state index is 13.1. The van der Waals surface area contributed by atoms with E-state index in [4.69, 9.17) is 5.73 Å². The highest BCUT2D eigenvalue weighted by Gasteiger charge is 2.36. The van der Waals surface area contributed by atoms with E-state index in [1.165, 1.54) is 0 Å². The van der Waals surface area contributed by atoms with Gasteiger partial charge >= 0.3 is 0 Å². The lowest BCUT2D eigenvalue weighted by Crippen LogP contribution is -2.52. The third-order valence-electron chi connectivity index (χ3n) is 5.79. The van der Waals surface area contributed by atoms with E-state index in [-0.39, 0.29) is 23.8 Å². The van der Waals surface area contributed by atoms with E-state index in [1.54, 1.807) is 24.7 Å². The van der Waals surface area contributed by atoms with Gasteiger partial charge in [-0.1, -0.05) is 0 Å². The third kappa shape index (κ3) is 4.56. The lowest BCUT2D eigenvalue weighted by molar-refractivity contribution is -0.137. The summed E-state index contributed by atoms with van der Waals surface area (Å²) in [5.41, 5.74) is 6.77. The number of aliphatic hydroxyl groups is 1. The maximum atomic E-state index is 13.1. The smallest absolute Gasteiger partial charge is 0.225 e. The molecule has 1 aliphatic carbocycles. The Balaban J connectivity index is 1.34. The number of nitrogen functional groups attached to an aromatic ring is 1. The number of aliphatic hydroxyl groups excluding tert-OH is 1. The Morgan fingerprint density at radius 2 is 1.86 bits per heavy atom. The number of nitrogens with zero attached hydrogens (tertiary/aromatic N) is 5. The molecule has 9 nitrogen and oxygen atoms in total. The molecule has 1 aliphatic heterocycles. The van der Waals surface area contributed by atoms with Crippen molar-refractivity contribution in [1.82, 2.24) is 19.9 Å². The van der Waals surface area contributed by atoms with Crippen LogP contribution in [0.15, 0.2) is 36.8 Å². The molecule has 3 atom stereocenters. The minimum atomic E-state index is -0.515. The van der Waals surface area contributed by atoms with Crippen LogP contribution in [-0.4, -0.2) is 69.2 Å². The quantitative estimate of drug-likeness (QED) is 0.691. The van der Waals surface area contributed by atoms with Crippen molar-refractivity contribution in [2.75, 3.05) is 42.1 Å². The van der Waals surface area contributed by atoms with Crippen molar-refractivity contribution in [3.8, 4) is 0 Å². The normalized spacial score (nSPS) is 24.9. The summed E-state index contributed by atoms with van der Waals surface area (Å²) >= 11 is 0. The molecule has 4 N–H and O–H groups in total. The van der Waals surface area contributed by atoms with Crippen LogP contribution in [0.1, 0.15) is 19.3 Å². The van der Waals surface area contributed by atoms with Gasteiger partial charge in [0, 0.05) is 56.4 Å². The van der Waals surface area contributed by atoms with Gasteiger partial charge < -0.3 is 26.0 Å². The topological polar surface area (TPSA) is 120 Å². The third-order valence-corrected chi connectivity index (χ3v) is 5.79. The fourth-order valence-corrected chi connectivity index (χ4v) is 4.18. The van der Waals surface area contributed by atoms with Gasteiger partial charge in [-0.25, -0.2) is 4.98 Å². The summed E-state index contributed by atoms with van der Waals surface area (Å²) in [6.45, 7) is 3.04. The number of rotatable bonds is 4. The summed E-state index contributed by atoms with van der Waals surface area (Å²) in [7, 11) is 0. The molecular formula is C20H27N7O2. The molecule has 4 rings (SSSR count). The molecule has 0 bridgehead atoms. The molecule has 1 saturated carbocycles. The van der Waals surface area contributed by atoms with E-state index in [9.17, 15) is 9.90 Å². The van der Waals surface area contributed by atoms with Crippen LogP contribution in [0, 0.1) is 5.92 Å². The van der Waals surface area contributed by atoms with Gasteiger partial charge in [0.2, 0.25) is 11.9 Å². The largest absolute Gasteiger partial charge is 0.391 e. The van der Waals surface area contributed by atoms with Crippen LogP contribution < -0.4 is 16.0 Å². The fourth-order valence-electron chi connectivity index (χ4n) is 4.18. The first-order valence-electron chi connectivity index (χ1n) is 10.1. The van der Waals surface area contributed by atoms with E-state index in [1.807, 2.05) is 17.0 Å². The van der Waals surface area contributed by atoms with Crippen LogP contribution in [-0.2, 0) is 4.79 Å². The van der Waals surface area contributed by atoms with Crippen molar-refractivity contribution in [2.24, 2.45) is 5.92 Å². The molecular weight excluding hydrogens is 370 g/mol. The summed E-state index contributed by atoms with van der Waals surface area (Å²) in [6.07, 6.45) is 6.51. The van der Waals surface area contributed by atoms with Crippen LogP contribution in [0.2, 0.25) is 0 Å². The van der Waals surface area contributed by atoms with Gasteiger partial charge in [-0.3, -0.25) is 9.78 Å². The maximum Gasteiger partial charge on any atom is 0.225 e. The first-order valence-corrected chi connectivity index (χ1v) is 10.1. The van der Waals surface area contributed by atoms with Crippen molar-refractivity contribution in [1.29, 1.82) is 0 Å². The number of carbonyl (C=O) groups excluding carboxylic acids is 1. The Morgan fingerprint density at radius 1 is 1.10 bits per heavy atom. The van der Waals surface area contributed by atoms with Gasteiger partial charge in [0.15, 0.2) is 0 Å². The second kappa shape index (κ2) is 8.60. The molecule has 154 valence electrons. The van der Waals surface area contributed by atoms with Crippen LogP contribution in [0.25, 0.3) is 0 Å². The Hall–Kier alpha value is -2.94.